The van der Waals surface area contributed by atoms with Gasteiger partial charge in [0.1, 0.15) is 5.69 Å². The van der Waals surface area contributed by atoms with Gasteiger partial charge in [-0.1, -0.05) is 18.2 Å². The zero-order valence-electron chi connectivity index (χ0n) is 19.0. The molecule has 1 unspecified atom stereocenters. The highest BCUT2D eigenvalue weighted by atomic mass is 16.5. The van der Waals surface area contributed by atoms with Crippen molar-refractivity contribution < 1.29 is 9.53 Å². The number of anilines is 3. The number of benzene rings is 1. The first-order chi connectivity index (χ1) is 15.9. The van der Waals surface area contributed by atoms with Crippen molar-refractivity contribution in [1.29, 1.82) is 5.26 Å². The second-order valence-electron chi connectivity index (χ2n) is 8.14. The van der Waals surface area contributed by atoms with E-state index in [0.717, 1.165) is 11.1 Å². The maximum atomic E-state index is 12.4. The topological polar surface area (TPSA) is 121 Å². The van der Waals surface area contributed by atoms with Gasteiger partial charge in [-0.3, -0.25) is 9.48 Å². The number of nitrogens with zero attached hydrogens (tertiary/aromatic N) is 6. The zero-order chi connectivity index (χ0) is 23.5. The molecule has 10 nitrogen and oxygen atoms in total. The number of fused-ring (bicyclic) bond motifs is 1. The van der Waals surface area contributed by atoms with Gasteiger partial charge in [-0.05, 0) is 32.4 Å². The number of rotatable bonds is 7. The van der Waals surface area contributed by atoms with Crippen molar-refractivity contribution in [3.05, 3.63) is 59.0 Å². The lowest BCUT2D eigenvalue weighted by atomic mass is 10.1. The van der Waals surface area contributed by atoms with Crippen LogP contribution in [0, 0.1) is 18.3 Å². The van der Waals surface area contributed by atoms with Gasteiger partial charge >= 0.3 is 0 Å². The fourth-order valence-electron chi connectivity index (χ4n) is 3.63. The molecule has 3 aromatic rings. The summed E-state index contributed by atoms with van der Waals surface area (Å²) in [6.45, 7) is 6.58. The molecule has 0 bridgehead atoms. The monoisotopic (exact) mass is 446 g/mol. The van der Waals surface area contributed by atoms with Gasteiger partial charge in [0, 0.05) is 25.4 Å². The van der Waals surface area contributed by atoms with Crippen molar-refractivity contribution in [2.24, 2.45) is 0 Å². The quantitative estimate of drug-likeness (QED) is 0.568. The molecular weight excluding hydrogens is 420 g/mol. The molecule has 2 N–H and O–H groups in total. The van der Waals surface area contributed by atoms with Gasteiger partial charge in [-0.15, -0.1) is 0 Å². The summed E-state index contributed by atoms with van der Waals surface area (Å²) >= 11 is 0. The van der Waals surface area contributed by atoms with Crippen LogP contribution in [0.2, 0.25) is 0 Å². The van der Waals surface area contributed by atoms with E-state index in [1.54, 1.807) is 28.9 Å². The van der Waals surface area contributed by atoms with Crippen molar-refractivity contribution in [3.8, 4) is 6.07 Å². The molecule has 3 heterocycles. The van der Waals surface area contributed by atoms with E-state index in [1.807, 2.05) is 45.2 Å². The predicted molar refractivity (Wildman–Crippen MR) is 124 cm³/mol. The second-order valence-corrected chi connectivity index (χ2v) is 8.14. The van der Waals surface area contributed by atoms with Gasteiger partial charge in [0.2, 0.25) is 12.2 Å². The molecule has 33 heavy (non-hydrogen) atoms. The third-order valence-corrected chi connectivity index (χ3v) is 5.24. The summed E-state index contributed by atoms with van der Waals surface area (Å²) in [6.07, 6.45) is 2.83. The number of carbonyl (C=O) groups is 1. The van der Waals surface area contributed by atoms with Gasteiger partial charge < -0.3 is 20.3 Å². The van der Waals surface area contributed by atoms with Crippen LogP contribution in [-0.4, -0.2) is 45.0 Å². The lowest BCUT2D eigenvalue weighted by Gasteiger charge is -2.35. The van der Waals surface area contributed by atoms with Gasteiger partial charge in [-0.25, -0.2) is 4.98 Å². The van der Waals surface area contributed by atoms with Crippen molar-refractivity contribution in [1.82, 2.24) is 19.7 Å². The van der Waals surface area contributed by atoms with E-state index >= 15 is 0 Å². The molecule has 0 saturated heterocycles. The normalized spacial score (nSPS) is 15.2. The van der Waals surface area contributed by atoms with Crippen LogP contribution in [0.1, 0.15) is 36.2 Å². The minimum atomic E-state index is -0.755. The first-order valence-electron chi connectivity index (χ1n) is 10.7. The standard InChI is InChI=1S/C23H26N8O2/c1-14(2)33-22-21(32)28-19-15(3)27-23(29-20(19)30(22)4)25-10-16-11-26-31(12-16)13-18-8-6-5-7-17(18)9-24/h5-8,11-12,14,22H,10,13H2,1-4H3,(H,28,32)(H,25,27,29). The van der Waals surface area contributed by atoms with Crippen LogP contribution < -0.4 is 15.5 Å². The molecular formula is C23H26N8O2. The third-order valence-electron chi connectivity index (χ3n) is 5.24. The highest BCUT2D eigenvalue weighted by Gasteiger charge is 2.34. The minimum Gasteiger partial charge on any atom is -0.350 e. The van der Waals surface area contributed by atoms with Gasteiger partial charge in [0.25, 0.3) is 5.91 Å². The molecule has 1 aliphatic heterocycles. The van der Waals surface area contributed by atoms with Crippen LogP contribution in [0.5, 0.6) is 0 Å². The number of carbonyl (C=O) groups excluding carboxylic acids is 1. The molecule has 1 aliphatic rings. The lowest BCUT2D eigenvalue weighted by molar-refractivity contribution is -0.130. The van der Waals surface area contributed by atoms with Crippen molar-refractivity contribution in [3.63, 3.8) is 0 Å². The summed E-state index contributed by atoms with van der Waals surface area (Å²) in [5, 5.41) is 19.8. The molecule has 2 aromatic heterocycles. The molecule has 1 amide bonds. The fraction of sp³-hybridized carbons (Fsp3) is 0.348. The van der Waals surface area contributed by atoms with Gasteiger partial charge in [0.15, 0.2) is 5.82 Å². The van der Waals surface area contributed by atoms with E-state index in [2.05, 4.69) is 31.8 Å². The Morgan fingerprint density at radius 2 is 2.09 bits per heavy atom. The number of nitrogens with one attached hydrogen (secondary N) is 2. The highest BCUT2D eigenvalue weighted by Crippen LogP contribution is 2.32. The van der Waals surface area contributed by atoms with Crippen molar-refractivity contribution >= 4 is 23.4 Å². The largest absolute Gasteiger partial charge is 0.350 e. The molecule has 0 radical (unpaired) electrons. The summed E-state index contributed by atoms with van der Waals surface area (Å²) in [5.41, 5.74) is 3.75. The first-order valence-corrected chi connectivity index (χ1v) is 10.7. The SMILES string of the molecule is Cc1nc(NCc2cnn(Cc3ccccc3C#N)c2)nc2c1NC(=O)C(OC(C)C)N2C. The van der Waals surface area contributed by atoms with E-state index in [1.165, 1.54) is 0 Å². The summed E-state index contributed by atoms with van der Waals surface area (Å²) < 4.78 is 7.55. The second kappa shape index (κ2) is 9.26. The van der Waals surface area contributed by atoms with E-state index in [9.17, 15) is 10.1 Å². The average molecular weight is 447 g/mol. The number of amides is 1. The number of likely N-dealkylation sites (N-methyl/N-ethyl adjacent to an activating group) is 1. The van der Waals surface area contributed by atoms with Gasteiger partial charge in [-0.2, -0.15) is 15.3 Å². The van der Waals surface area contributed by atoms with E-state index < -0.39 is 6.23 Å². The number of aromatic nitrogens is 4. The molecule has 0 fully saturated rings. The molecule has 170 valence electrons. The van der Waals surface area contributed by atoms with Gasteiger partial charge in [0.05, 0.1) is 36.2 Å². The zero-order valence-corrected chi connectivity index (χ0v) is 19.0. The molecule has 0 spiro atoms. The van der Waals surface area contributed by atoms with Crippen molar-refractivity contribution in [2.75, 3.05) is 22.6 Å². The smallest absolute Gasteiger partial charge is 0.274 e. The Balaban J connectivity index is 1.47. The van der Waals surface area contributed by atoms with E-state index in [4.69, 9.17) is 4.74 Å². The van der Waals surface area contributed by atoms with Crippen LogP contribution in [-0.2, 0) is 22.6 Å². The minimum absolute atomic E-state index is 0.109. The predicted octanol–water partition coefficient (Wildman–Crippen LogP) is 2.65. The Morgan fingerprint density at radius 1 is 1.30 bits per heavy atom. The fourth-order valence-corrected chi connectivity index (χ4v) is 3.63. The average Bonchev–Trinajstić information content (AvgIpc) is 3.23. The highest BCUT2D eigenvalue weighted by molar-refractivity contribution is 6.02. The van der Waals surface area contributed by atoms with Crippen LogP contribution in [0.4, 0.5) is 17.5 Å². The maximum Gasteiger partial charge on any atom is 0.274 e. The van der Waals surface area contributed by atoms with Crippen molar-refractivity contribution in [2.45, 2.75) is 46.2 Å². The maximum absolute atomic E-state index is 12.4. The number of nitriles is 1. The Hall–Kier alpha value is -3.97. The lowest BCUT2D eigenvalue weighted by Crippen LogP contribution is -2.49. The summed E-state index contributed by atoms with van der Waals surface area (Å²) in [6, 6.07) is 9.69. The van der Waals surface area contributed by atoms with Crippen LogP contribution >= 0.6 is 0 Å². The Kier molecular flexibility index (Phi) is 6.24. The molecule has 1 atom stereocenters. The van der Waals surface area contributed by atoms with E-state index in [-0.39, 0.29) is 12.0 Å². The number of hydrogen-bond donors (Lipinski definition) is 2. The molecule has 1 aromatic carbocycles. The molecule has 0 aliphatic carbocycles. The van der Waals surface area contributed by atoms with E-state index in [0.29, 0.717) is 41.8 Å². The van der Waals surface area contributed by atoms with Crippen LogP contribution in [0.3, 0.4) is 0 Å². The Bertz CT molecular complexity index is 1210. The number of aryl methyl sites for hydroxylation is 1. The molecule has 0 saturated carbocycles. The summed E-state index contributed by atoms with van der Waals surface area (Å²) in [7, 11) is 1.78. The number of hydrogen-bond acceptors (Lipinski definition) is 8. The van der Waals surface area contributed by atoms with Crippen LogP contribution in [0.15, 0.2) is 36.7 Å². The first kappa shape index (κ1) is 22.2. The molecule has 4 rings (SSSR count). The number of ether oxygens (including phenoxy) is 1. The van der Waals surface area contributed by atoms with Crippen LogP contribution in [0.25, 0.3) is 0 Å². The summed E-state index contributed by atoms with van der Waals surface area (Å²) in [5.74, 6) is 0.802. The Labute approximate surface area is 192 Å². The third kappa shape index (κ3) is 4.78. The molecule has 10 heteroatoms. The summed E-state index contributed by atoms with van der Waals surface area (Å²) in [4.78, 5) is 23.3. The Morgan fingerprint density at radius 3 is 2.85 bits per heavy atom.